The lowest BCUT2D eigenvalue weighted by Gasteiger charge is -2.32. The summed E-state index contributed by atoms with van der Waals surface area (Å²) in [4.78, 5) is 17.3. The molecule has 1 aliphatic heterocycles. The molecule has 3 rings (SSSR count). The van der Waals surface area contributed by atoms with Crippen molar-refractivity contribution < 1.29 is 4.79 Å². The minimum atomic E-state index is -0.124. The molecule has 0 spiro atoms. The zero-order valence-electron chi connectivity index (χ0n) is 14.8. The topological polar surface area (TPSA) is 23.6 Å². The predicted molar refractivity (Wildman–Crippen MR) is 109 cm³/mol. The lowest BCUT2D eigenvalue weighted by molar-refractivity contribution is 0.104. The Morgan fingerprint density at radius 3 is 2.54 bits per heavy atom. The van der Waals surface area contributed by atoms with Crippen molar-refractivity contribution in [3.8, 4) is 0 Å². The van der Waals surface area contributed by atoms with Crippen molar-refractivity contribution in [2.75, 3.05) is 33.2 Å². The van der Waals surface area contributed by atoms with Crippen molar-refractivity contribution in [3.63, 3.8) is 0 Å². The van der Waals surface area contributed by atoms with Crippen LogP contribution in [0.2, 0.25) is 10.0 Å². The van der Waals surface area contributed by atoms with Crippen LogP contribution in [-0.4, -0.2) is 48.8 Å². The number of ketones is 1. The minimum absolute atomic E-state index is 0.124. The molecule has 1 heterocycles. The van der Waals surface area contributed by atoms with Gasteiger partial charge in [-0.15, -0.1) is 0 Å². The van der Waals surface area contributed by atoms with E-state index in [-0.39, 0.29) is 5.78 Å². The molecule has 0 aromatic heterocycles. The number of piperazine rings is 1. The molecular weight excluding hydrogens is 367 g/mol. The van der Waals surface area contributed by atoms with E-state index in [1.165, 1.54) is 5.56 Å². The van der Waals surface area contributed by atoms with E-state index in [2.05, 4.69) is 22.9 Å². The highest BCUT2D eigenvalue weighted by Gasteiger charge is 2.15. The summed E-state index contributed by atoms with van der Waals surface area (Å²) >= 11 is 12.0. The van der Waals surface area contributed by atoms with Crippen LogP contribution in [0.1, 0.15) is 21.5 Å². The largest absolute Gasteiger partial charge is 0.304 e. The fourth-order valence-corrected chi connectivity index (χ4v) is 3.53. The first-order valence-electron chi connectivity index (χ1n) is 8.69. The summed E-state index contributed by atoms with van der Waals surface area (Å²) in [6.45, 7) is 5.20. The maximum atomic E-state index is 12.5. The standard InChI is InChI=1S/C21H22Cl2N2O/c1-24-10-12-25(13-11-24)15-17-5-3-2-4-16(17)6-9-21(26)19-8-7-18(22)14-20(19)23/h2-9,14H,10-13,15H2,1H3. The van der Waals surface area contributed by atoms with Crippen molar-refractivity contribution >= 4 is 35.1 Å². The Morgan fingerprint density at radius 1 is 1.08 bits per heavy atom. The third-order valence-electron chi connectivity index (χ3n) is 4.66. The Balaban J connectivity index is 1.73. The molecule has 26 heavy (non-hydrogen) atoms. The van der Waals surface area contributed by atoms with Gasteiger partial charge in [0.25, 0.3) is 0 Å². The summed E-state index contributed by atoms with van der Waals surface area (Å²) in [7, 11) is 2.15. The van der Waals surface area contributed by atoms with Crippen LogP contribution in [0.3, 0.4) is 0 Å². The Kier molecular flexibility index (Phi) is 6.49. The first-order valence-corrected chi connectivity index (χ1v) is 9.45. The van der Waals surface area contributed by atoms with Crippen molar-refractivity contribution in [1.82, 2.24) is 9.80 Å². The van der Waals surface area contributed by atoms with Gasteiger partial charge in [0.1, 0.15) is 0 Å². The van der Waals surface area contributed by atoms with Gasteiger partial charge in [-0.25, -0.2) is 0 Å². The van der Waals surface area contributed by atoms with E-state index in [0.717, 1.165) is 38.3 Å². The molecule has 3 nitrogen and oxygen atoms in total. The SMILES string of the molecule is CN1CCN(Cc2ccccc2C=CC(=O)c2ccc(Cl)cc2Cl)CC1. The molecule has 0 amide bonds. The quantitative estimate of drug-likeness (QED) is 0.550. The van der Waals surface area contributed by atoms with Crippen molar-refractivity contribution in [2.45, 2.75) is 6.54 Å². The lowest BCUT2D eigenvalue weighted by atomic mass is 10.0. The van der Waals surface area contributed by atoms with Crippen LogP contribution < -0.4 is 0 Å². The van der Waals surface area contributed by atoms with Crippen LogP contribution >= 0.6 is 23.2 Å². The molecule has 0 aliphatic carbocycles. The van der Waals surface area contributed by atoms with Crippen LogP contribution in [0.15, 0.2) is 48.5 Å². The van der Waals surface area contributed by atoms with Gasteiger partial charge in [-0.1, -0.05) is 53.5 Å². The van der Waals surface area contributed by atoms with E-state index in [9.17, 15) is 4.79 Å². The fraction of sp³-hybridized carbons (Fsp3) is 0.286. The van der Waals surface area contributed by atoms with Gasteiger partial charge in [-0.2, -0.15) is 0 Å². The van der Waals surface area contributed by atoms with Gasteiger partial charge in [0, 0.05) is 43.3 Å². The van der Waals surface area contributed by atoms with E-state index < -0.39 is 0 Å². The van der Waals surface area contributed by atoms with Crippen LogP contribution in [0, 0.1) is 0 Å². The minimum Gasteiger partial charge on any atom is -0.304 e. The fourth-order valence-electron chi connectivity index (χ4n) is 3.03. The van der Waals surface area contributed by atoms with Crippen LogP contribution in [0.4, 0.5) is 0 Å². The third kappa shape index (κ3) is 4.95. The van der Waals surface area contributed by atoms with Gasteiger partial charge in [-0.3, -0.25) is 9.69 Å². The molecular formula is C21H22Cl2N2O. The summed E-state index contributed by atoms with van der Waals surface area (Å²) in [6.07, 6.45) is 3.45. The monoisotopic (exact) mass is 388 g/mol. The molecule has 0 atom stereocenters. The smallest absolute Gasteiger partial charge is 0.187 e. The third-order valence-corrected chi connectivity index (χ3v) is 5.20. The maximum absolute atomic E-state index is 12.5. The number of halogens is 2. The Morgan fingerprint density at radius 2 is 1.81 bits per heavy atom. The van der Waals surface area contributed by atoms with Gasteiger partial charge in [0.2, 0.25) is 0 Å². The van der Waals surface area contributed by atoms with Crippen molar-refractivity contribution in [3.05, 3.63) is 75.3 Å². The molecule has 1 saturated heterocycles. The van der Waals surface area contributed by atoms with Crippen molar-refractivity contribution in [2.24, 2.45) is 0 Å². The number of nitrogens with zero attached hydrogens (tertiary/aromatic N) is 2. The second-order valence-electron chi connectivity index (χ2n) is 6.60. The number of benzene rings is 2. The number of hydrogen-bond acceptors (Lipinski definition) is 3. The molecule has 1 fully saturated rings. The normalized spacial score (nSPS) is 16.3. The predicted octanol–water partition coefficient (Wildman–Crippen LogP) is 4.64. The molecule has 0 radical (unpaired) electrons. The summed E-state index contributed by atoms with van der Waals surface area (Å²) < 4.78 is 0. The average molecular weight is 389 g/mol. The van der Waals surface area contributed by atoms with E-state index in [4.69, 9.17) is 23.2 Å². The van der Waals surface area contributed by atoms with Gasteiger partial charge in [0.15, 0.2) is 5.78 Å². The average Bonchev–Trinajstić information content (AvgIpc) is 2.62. The molecule has 2 aromatic rings. The molecule has 2 aromatic carbocycles. The van der Waals surface area contributed by atoms with E-state index in [1.807, 2.05) is 24.3 Å². The molecule has 5 heteroatoms. The number of allylic oxidation sites excluding steroid dienone is 1. The lowest BCUT2D eigenvalue weighted by Crippen LogP contribution is -2.43. The summed E-state index contributed by atoms with van der Waals surface area (Å²) in [6, 6.07) is 13.1. The maximum Gasteiger partial charge on any atom is 0.187 e. The highest BCUT2D eigenvalue weighted by molar-refractivity contribution is 6.37. The second-order valence-corrected chi connectivity index (χ2v) is 7.44. The first kappa shape index (κ1) is 19.1. The highest BCUT2D eigenvalue weighted by Crippen LogP contribution is 2.22. The molecule has 1 aliphatic rings. The molecule has 0 N–H and O–H groups in total. The molecule has 0 saturated carbocycles. The van der Waals surface area contributed by atoms with Gasteiger partial charge in [-0.05, 0) is 42.4 Å². The van der Waals surface area contributed by atoms with Gasteiger partial charge < -0.3 is 4.90 Å². The van der Waals surface area contributed by atoms with Gasteiger partial charge in [0.05, 0.1) is 5.02 Å². The Hall–Kier alpha value is -1.65. The number of likely N-dealkylation sites (N-methyl/N-ethyl adjacent to an activating group) is 1. The van der Waals surface area contributed by atoms with E-state index in [1.54, 1.807) is 24.3 Å². The van der Waals surface area contributed by atoms with E-state index in [0.29, 0.717) is 15.6 Å². The Labute approximate surface area is 164 Å². The summed E-state index contributed by atoms with van der Waals surface area (Å²) in [5.41, 5.74) is 2.75. The first-order chi connectivity index (χ1) is 12.5. The Bertz CT molecular complexity index is 811. The van der Waals surface area contributed by atoms with Crippen molar-refractivity contribution in [1.29, 1.82) is 0 Å². The number of carbonyl (C=O) groups excluding carboxylic acids is 1. The zero-order valence-corrected chi connectivity index (χ0v) is 16.3. The van der Waals surface area contributed by atoms with Crippen LogP contribution in [-0.2, 0) is 6.54 Å². The summed E-state index contributed by atoms with van der Waals surface area (Å²) in [5, 5.41) is 0.894. The second kappa shape index (κ2) is 8.83. The van der Waals surface area contributed by atoms with Gasteiger partial charge >= 0.3 is 0 Å². The number of hydrogen-bond donors (Lipinski definition) is 0. The van der Waals surface area contributed by atoms with E-state index >= 15 is 0 Å². The highest BCUT2D eigenvalue weighted by atomic mass is 35.5. The molecule has 0 unspecified atom stereocenters. The number of rotatable bonds is 5. The summed E-state index contributed by atoms with van der Waals surface area (Å²) in [5.74, 6) is -0.124. The molecule has 0 bridgehead atoms. The van der Waals surface area contributed by atoms with Crippen LogP contribution in [0.5, 0.6) is 0 Å². The zero-order chi connectivity index (χ0) is 18.5. The number of carbonyl (C=O) groups is 1. The van der Waals surface area contributed by atoms with Crippen LogP contribution in [0.25, 0.3) is 6.08 Å². The molecule has 136 valence electrons.